The van der Waals surface area contributed by atoms with E-state index < -0.39 is 12.6 Å². The van der Waals surface area contributed by atoms with E-state index in [1.165, 1.54) is 57.8 Å². The molecule has 2 aliphatic rings. The van der Waals surface area contributed by atoms with Crippen LogP contribution >= 0.6 is 0 Å². The van der Waals surface area contributed by atoms with Gasteiger partial charge in [-0.3, -0.25) is 0 Å². The molecule has 0 aromatic carbocycles. The first kappa shape index (κ1) is 15.2. The van der Waals surface area contributed by atoms with E-state index in [2.05, 4.69) is 0 Å². The molecule has 0 saturated heterocycles. The van der Waals surface area contributed by atoms with E-state index in [9.17, 15) is 13.2 Å². The zero-order valence-electron chi connectivity index (χ0n) is 11.9. The van der Waals surface area contributed by atoms with Gasteiger partial charge < -0.3 is 0 Å². The summed E-state index contributed by atoms with van der Waals surface area (Å²) in [7, 11) is 0. The third-order valence-electron chi connectivity index (χ3n) is 5.28. The van der Waals surface area contributed by atoms with Crippen molar-refractivity contribution in [2.24, 2.45) is 17.8 Å². The van der Waals surface area contributed by atoms with Crippen LogP contribution in [-0.4, -0.2) is 6.18 Å². The summed E-state index contributed by atoms with van der Waals surface area (Å²) in [6.07, 6.45) is 8.51. The Morgan fingerprint density at radius 1 is 0.737 bits per heavy atom. The molecule has 2 fully saturated rings. The van der Waals surface area contributed by atoms with E-state index in [-0.39, 0.29) is 0 Å². The lowest BCUT2D eigenvalue weighted by atomic mass is 9.70. The summed E-state index contributed by atoms with van der Waals surface area (Å²) >= 11 is 0. The first-order valence-corrected chi connectivity index (χ1v) is 8.11. The Kier molecular flexibility index (Phi) is 5.58. The van der Waals surface area contributed by atoms with E-state index in [0.29, 0.717) is 12.3 Å². The largest absolute Gasteiger partial charge is 0.389 e. The fourth-order valence-electron chi connectivity index (χ4n) is 4.15. The number of halogens is 3. The lowest BCUT2D eigenvalue weighted by Crippen LogP contribution is -2.23. The first-order chi connectivity index (χ1) is 9.04. The SMILES string of the molecule is FC(F)(F)CCCC1CCC(C2CCCCC2)CC1. The number of rotatable bonds is 4. The van der Waals surface area contributed by atoms with E-state index >= 15 is 0 Å². The summed E-state index contributed by atoms with van der Waals surface area (Å²) in [5.74, 6) is 2.39. The fourth-order valence-corrected chi connectivity index (χ4v) is 4.15. The molecule has 0 atom stereocenters. The predicted molar refractivity (Wildman–Crippen MR) is 71.9 cm³/mol. The van der Waals surface area contributed by atoms with Crippen molar-refractivity contribution in [2.45, 2.75) is 83.2 Å². The summed E-state index contributed by atoms with van der Waals surface area (Å²) in [6.45, 7) is 0. The van der Waals surface area contributed by atoms with Gasteiger partial charge in [-0.15, -0.1) is 0 Å². The van der Waals surface area contributed by atoms with Crippen LogP contribution in [0.5, 0.6) is 0 Å². The second-order valence-electron chi connectivity index (χ2n) is 6.69. The summed E-state index contributed by atoms with van der Waals surface area (Å²) in [5.41, 5.74) is 0. The Bertz CT molecular complexity index is 245. The molecule has 19 heavy (non-hydrogen) atoms. The number of alkyl halides is 3. The smallest absolute Gasteiger partial charge is 0.171 e. The van der Waals surface area contributed by atoms with Gasteiger partial charge in [0.1, 0.15) is 0 Å². The number of hydrogen-bond donors (Lipinski definition) is 0. The highest BCUT2D eigenvalue weighted by atomic mass is 19.4. The van der Waals surface area contributed by atoms with Crippen LogP contribution in [0.1, 0.15) is 77.0 Å². The zero-order valence-corrected chi connectivity index (χ0v) is 11.9. The molecule has 2 aliphatic carbocycles. The van der Waals surface area contributed by atoms with Gasteiger partial charge in [-0.2, -0.15) is 13.2 Å². The van der Waals surface area contributed by atoms with Crippen molar-refractivity contribution in [1.29, 1.82) is 0 Å². The third kappa shape index (κ3) is 5.35. The maximum atomic E-state index is 12.1. The normalized spacial score (nSPS) is 30.5. The van der Waals surface area contributed by atoms with E-state index in [1.807, 2.05) is 0 Å². The van der Waals surface area contributed by atoms with Crippen LogP contribution in [0.4, 0.5) is 13.2 Å². The average Bonchev–Trinajstić information content (AvgIpc) is 2.39. The minimum atomic E-state index is -3.96. The molecule has 0 N–H and O–H groups in total. The summed E-state index contributed by atoms with van der Waals surface area (Å²) < 4.78 is 36.3. The second-order valence-corrected chi connectivity index (χ2v) is 6.69. The van der Waals surface area contributed by atoms with Gasteiger partial charge in [-0.05, 0) is 37.0 Å². The molecule has 112 valence electrons. The van der Waals surface area contributed by atoms with Gasteiger partial charge in [0.2, 0.25) is 0 Å². The molecule has 0 radical (unpaired) electrons. The van der Waals surface area contributed by atoms with Crippen LogP contribution in [0, 0.1) is 17.8 Å². The molecule has 2 saturated carbocycles. The molecule has 2 rings (SSSR count). The molecular weight excluding hydrogens is 249 g/mol. The van der Waals surface area contributed by atoms with Crippen molar-refractivity contribution in [3.63, 3.8) is 0 Å². The van der Waals surface area contributed by atoms with Gasteiger partial charge in [0.25, 0.3) is 0 Å². The number of hydrogen-bond acceptors (Lipinski definition) is 0. The van der Waals surface area contributed by atoms with Gasteiger partial charge in [-0.1, -0.05) is 51.4 Å². The Balaban J connectivity index is 1.62. The van der Waals surface area contributed by atoms with Crippen molar-refractivity contribution >= 4 is 0 Å². The van der Waals surface area contributed by atoms with Crippen LogP contribution in [0.3, 0.4) is 0 Å². The molecule has 3 heteroatoms. The lowest BCUT2D eigenvalue weighted by molar-refractivity contribution is -0.136. The monoisotopic (exact) mass is 276 g/mol. The van der Waals surface area contributed by atoms with Crippen LogP contribution in [0.15, 0.2) is 0 Å². The summed E-state index contributed by atoms with van der Waals surface area (Å²) in [4.78, 5) is 0. The predicted octanol–water partition coefficient (Wildman–Crippen LogP) is 6.11. The third-order valence-corrected chi connectivity index (χ3v) is 5.28. The van der Waals surface area contributed by atoms with Gasteiger partial charge >= 0.3 is 6.18 Å². The van der Waals surface area contributed by atoms with Gasteiger partial charge in [0.05, 0.1) is 0 Å². The Hall–Kier alpha value is -0.210. The van der Waals surface area contributed by atoms with Crippen molar-refractivity contribution < 1.29 is 13.2 Å². The molecule has 0 nitrogen and oxygen atoms in total. The van der Waals surface area contributed by atoms with Gasteiger partial charge in [0.15, 0.2) is 0 Å². The Morgan fingerprint density at radius 3 is 1.89 bits per heavy atom. The molecule has 0 heterocycles. The van der Waals surface area contributed by atoms with Crippen molar-refractivity contribution in [3.05, 3.63) is 0 Å². The minimum absolute atomic E-state index is 0.336. The zero-order chi connectivity index (χ0) is 13.7. The van der Waals surface area contributed by atoms with E-state index in [0.717, 1.165) is 18.3 Å². The first-order valence-electron chi connectivity index (χ1n) is 8.11. The molecule has 0 bridgehead atoms. The molecule has 0 aromatic heterocycles. The highest BCUT2D eigenvalue weighted by molar-refractivity contribution is 4.80. The molecule has 0 amide bonds. The van der Waals surface area contributed by atoms with Gasteiger partial charge in [0, 0.05) is 6.42 Å². The molecule has 0 spiro atoms. The van der Waals surface area contributed by atoms with Crippen LogP contribution in [0.2, 0.25) is 0 Å². The molecule has 0 aliphatic heterocycles. The average molecular weight is 276 g/mol. The quantitative estimate of drug-likeness (QED) is 0.581. The standard InChI is InChI=1S/C16H27F3/c17-16(18,19)12-4-5-13-8-10-15(11-9-13)14-6-2-1-3-7-14/h13-15H,1-12H2. The highest BCUT2D eigenvalue weighted by Crippen LogP contribution is 2.41. The Morgan fingerprint density at radius 2 is 1.32 bits per heavy atom. The van der Waals surface area contributed by atoms with E-state index in [4.69, 9.17) is 0 Å². The summed E-state index contributed by atoms with van der Waals surface area (Å²) in [6, 6.07) is 0. The van der Waals surface area contributed by atoms with E-state index in [1.54, 1.807) is 0 Å². The Labute approximate surface area is 115 Å². The van der Waals surface area contributed by atoms with Crippen molar-refractivity contribution in [2.75, 3.05) is 0 Å². The molecule has 0 aromatic rings. The van der Waals surface area contributed by atoms with Crippen LogP contribution in [-0.2, 0) is 0 Å². The lowest BCUT2D eigenvalue weighted by Gasteiger charge is -2.36. The van der Waals surface area contributed by atoms with Crippen molar-refractivity contribution in [1.82, 2.24) is 0 Å². The van der Waals surface area contributed by atoms with Crippen LogP contribution in [0.25, 0.3) is 0 Å². The summed E-state index contributed by atoms with van der Waals surface area (Å²) in [5, 5.41) is 0. The second kappa shape index (κ2) is 6.99. The fraction of sp³-hybridized carbons (Fsp3) is 1.00. The molecule has 0 unspecified atom stereocenters. The minimum Gasteiger partial charge on any atom is -0.171 e. The maximum absolute atomic E-state index is 12.1. The van der Waals surface area contributed by atoms with Gasteiger partial charge in [-0.25, -0.2) is 0 Å². The molecular formula is C16H27F3. The highest BCUT2D eigenvalue weighted by Gasteiger charge is 2.30. The maximum Gasteiger partial charge on any atom is 0.389 e. The van der Waals surface area contributed by atoms with Crippen LogP contribution < -0.4 is 0 Å². The van der Waals surface area contributed by atoms with Crippen molar-refractivity contribution in [3.8, 4) is 0 Å². The topological polar surface area (TPSA) is 0 Å².